The Morgan fingerprint density at radius 3 is 2.65 bits per heavy atom. The van der Waals surface area contributed by atoms with Crippen molar-refractivity contribution in [3.63, 3.8) is 0 Å². The van der Waals surface area contributed by atoms with Crippen LogP contribution in [-0.4, -0.2) is 17.1 Å². The first-order valence-corrected chi connectivity index (χ1v) is 7.94. The van der Waals surface area contributed by atoms with Gasteiger partial charge < -0.3 is 5.32 Å². The first-order valence-electron chi connectivity index (χ1n) is 6.75. The van der Waals surface area contributed by atoms with E-state index in [0.29, 0.717) is 16.0 Å². The monoisotopic (exact) mass is 306 g/mol. The standard InChI is InChI=1S/C15H15ClN2OS/c16-11-7-5-10(6-8-11)9-13-14(19)18-15(20-13)17-12-3-1-2-4-12/h5-9,12H,1-4H2,(H,17,18,19)/b13-9-. The Bertz CT molecular complexity index is 574. The lowest BCUT2D eigenvalue weighted by Crippen LogP contribution is -2.21. The van der Waals surface area contributed by atoms with Gasteiger partial charge in [-0.3, -0.25) is 9.79 Å². The molecule has 1 amide bonds. The second-order valence-electron chi connectivity index (χ2n) is 4.99. The van der Waals surface area contributed by atoms with Crippen molar-refractivity contribution in [1.82, 2.24) is 5.32 Å². The topological polar surface area (TPSA) is 41.5 Å². The predicted octanol–water partition coefficient (Wildman–Crippen LogP) is 3.84. The fourth-order valence-electron chi connectivity index (χ4n) is 2.40. The van der Waals surface area contributed by atoms with Crippen LogP contribution in [-0.2, 0) is 4.79 Å². The Balaban J connectivity index is 1.74. The number of halogens is 1. The van der Waals surface area contributed by atoms with E-state index in [9.17, 15) is 4.79 Å². The molecule has 1 aromatic rings. The van der Waals surface area contributed by atoms with Gasteiger partial charge in [-0.05, 0) is 48.4 Å². The molecule has 20 heavy (non-hydrogen) atoms. The number of nitrogens with zero attached hydrogens (tertiary/aromatic N) is 1. The first kappa shape index (κ1) is 13.7. The third-order valence-corrected chi connectivity index (χ3v) is 4.62. The Morgan fingerprint density at radius 1 is 1.25 bits per heavy atom. The number of carbonyl (C=O) groups is 1. The third kappa shape index (κ3) is 3.25. The summed E-state index contributed by atoms with van der Waals surface area (Å²) in [4.78, 5) is 17.2. The number of nitrogens with one attached hydrogen (secondary N) is 1. The van der Waals surface area contributed by atoms with E-state index in [-0.39, 0.29) is 5.91 Å². The minimum Gasteiger partial charge on any atom is -0.301 e. The van der Waals surface area contributed by atoms with Crippen molar-refractivity contribution >= 4 is 40.5 Å². The molecule has 1 saturated carbocycles. The highest BCUT2D eigenvalue weighted by Crippen LogP contribution is 2.29. The van der Waals surface area contributed by atoms with Gasteiger partial charge >= 0.3 is 0 Å². The van der Waals surface area contributed by atoms with Gasteiger partial charge in [-0.25, -0.2) is 0 Å². The van der Waals surface area contributed by atoms with Crippen LogP contribution in [0.5, 0.6) is 0 Å². The normalized spacial score (nSPS) is 23.8. The summed E-state index contributed by atoms with van der Waals surface area (Å²) in [5, 5.41) is 4.27. The van der Waals surface area contributed by atoms with Gasteiger partial charge in [0, 0.05) is 5.02 Å². The summed E-state index contributed by atoms with van der Waals surface area (Å²) in [6, 6.07) is 7.82. The number of hydrogen-bond acceptors (Lipinski definition) is 3. The van der Waals surface area contributed by atoms with Crippen LogP contribution in [0.1, 0.15) is 31.2 Å². The van der Waals surface area contributed by atoms with Crippen LogP contribution in [0.3, 0.4) is 0 Å². The highest BCUT2D eigenvalue weighted by molar-refractivity contribution is 8.18. The zero-order valence-corrected chi connectivity index (χ0v) is 12.5. The molecule has 5 heteroatoms. The van der Waals surface area contributed by atoms with Crippen LogP contribution in [0.2, 0.25) is 5.02 Å². The number of amides is 1. The van der Waals surface area contributed by atoms with Gasteiger partial charge in [0.15, 0.2) is 5.17 Å². The molecule has 2 aliphatic rings. The number of thioether (sulfide) groups is 1. The minimum absolute atomic E-state index is 0.0679. The van der Waals surface area contributed by atoms with Crippen molar-refractivity contribution < 1.29 is 4.79 Å². The quantitative estimate of drug-likeness (QED) is 0.843. The van der Waals surface area contributed by atoms with Gasteiger partial charge in [0.2, 0.25) is 0 Å². The molecule has 1 aromatic carbocycles. The van der Waals surface area contributed by atoms with Crippen LogP contribution < -0.4 is 5.32 Å². The third-order valence-electron chi connectivity index (χ3n) is 3.44. The summed E-state index contributed by atoms with van der Waals surface area (Å²) in [5.41, 5.74) is 0.967. The second kappa shape index (κ2) is 6.02. The van der Waals surface area contributed by atoms with Crippen molar-refractivity contribution in [2.24, 2.45) is 4.99 Å². The van der Waals surface area contributed by atoms with Crippen molar-refractivity contribution in [3.8, 4) is 0 Å². The maximum Gasteiger partial charge on any atom is 0.264 e. The van der Waals surface area contributed by atoms with E-state index >= 15 is 0 Å². The second-order valence-corrected chi connectivity index (χ2v) is 6.46. The van der Waals surface area contributed by atoms with E-state index in [1.165, 1.54) is 24.6 Å². The molecule has 1 saturated heterocycles. The largest absolute Gasteiger partial charge is 0.301 e. The van der Waals surface area contributed by atoms with E-state index in [1.807, 2.05) is 30.3 Å². The number of aliphatic imine (C=N–C) groups is 1. The zero-order valence-electron chi connectivity index (χ0n) is 10.9. The summed E-state index contributed by atoms with van der Waals surface area (Å²) < 4.78 is 0. The van der Waals surface area contributed by atoms with E-state index in [1.54, 1.807) is 0 Å². The number of hydrogen-bond donors (Lipinski definition) is 1. The summed E-state index contributed by atoms with van der Waals surface area (Å²) in [6.07, 6.45) is 6.63. The van der Waals surface area contributed by atoms with Gasteiger partial charge in [0.1, 0.15) is 0 Å². The van der Waals surface area contributed by atoms with Crippen LogP contribution in [0.15, 0.2) is 34.2 Å². The molecule has 2 fully saturated rings. The molecular weight excluding hydrogens is 292 g/mol. The average Bonchev–Trinajstić information content (AvgIpc) is 3.04. The van der Waals surface area contributed by atoms with Gasteiger partial charge in [0.05, 0.1) is 10.9 Å². The van der Waals surface area contributed by atoms with E-state index in [2.05, 4.69) is 10.3 Å². The molecule has 3 nitrogen and oxygen atoms in total. The molecule has 3 rings (SSSR count). The molecule has 1 aliphatic heterocycles. The van der Waals surface area contributed by atoms with Crippen molar-refractivity contribution in [2.45, 2.75) is 31.7 Å². The molecule has 0 radical (unpaired) electrons. The Morgan fingerprint density at radius 2 is 1.95 bits per heavy atom. The van der Waals surface area contributed by atoms with Crippen LogP contribution in [0.4, 0.5) is 0 Å². The SMILES string of the molecule is O=C1NC(=NC2CCCC2)S/C1=C\c1ccc(Cl)cc1. The van der Waals surface area contributed by atoms with Crippen molar-refractivity contribution in [1.29, 1.82) is 0 Å². The molecule has 0 atom stereocenters. The predicted molar refractivity (Wildman–Crippen MR) is 84.9 cm³/mol. The Labute approximate surface area is 127 Å². The van der Waals surface area contributed by atoms with Gasteiger partial charge in [-0.2, -0.15) is 0 Å². The van der Waals surface area contributed by atoms with E-state index in [4.69, 9.17) is 11.6 Å². The molecule has 0 spiro atoms. The lowest BCUT2D eigenvalue weighted by molar-refractivity contribution is -0.115. The smallest absolute Gasteiger partial charge is 0.264 e. The number of rotatable bonds is 2. The van der Waals surface area contributed by atoms with Gasteiger partial charge in [-0.15, -0.1) is 0 Å². The van der Waals surface area contributed by atoms with E-state index < -0.39 is 0 Å². The summed E-state index contributed by atoms with van der Waals surface area (Å²) in [7, 11) is 0. The Kier molecular flexibility index (Phi) is 4.13. The van der Waals surface area contributed by atoms with Gasteiger partial charge in [-0.1, -0.05) is 36.6 Å². The maximum absolute atomic E-state index is 11.9. The summed E-state index contributed by atoms with van der Waals surface area (Å²) in [6.45, 7) is 0. The fourth-order valence-corrected chi connectivity index (χ4v) is 3.42. The molecule has 0 aromatic heterocycles. The van der Waals surface area contributed by atoms with Crippen LogP contribution >= 0.6 is 23.4 Å². The molecule has 0 unspecified atom stereocenters. The molecular formula is C15H15ClN2OS. The van der Waals surface area contributed by atoms with Crippen LogP contribution in [0, 0.1) is 0 Å². The van der Waals surface area contributed by atoms with Crippen molar-refractivity contribution in [3.05, 3.63) is 39.8 Å². The highest BCUT2D eigenvalue weighted by atomic mass is 35.5. The molecule has 104 valence electrons. The molecule has 0 bridgehead atoms. The molecule has 1 N–H and O–H groups in total. The minimum atomic E-state index is -0.0679. The van der Waals surface area contributed by atoms with Gasteiger partial charge in [0.25, 0.3) is 5.91 Å². The average molecular weight is 307 g/mol. The Hall–Kier alpha value is -1.26. The number of benzene rings is 1. The first-order chi connectivity index (χ1) is 9.70. The van der Waals surface area contributed by atoms with E-state index in [0.717, 1.165) is 23.6 Å². The van der Waals surface area contributed by atoms with Crippen LogP contribution in [0.25, 0.3) is 6.08 Å². The lowest BCUT2D eigenvalue weighted by Gasteiger charge is -2.02. The molecule has 1 aliphatic carbocycles. The van der Waals surface area contributed by atoms with Crippen molar-refractivity contribution in [2.75, 3.05) is 0 Å². The maximum atomic E-state index is 11.9. The lowest BCUT2D eigenvalue weighted by atomic mass is 10.2. The summed E-state index contributed by atoms with van der Waals surface area (Å²) in [5.74, 6) is -0.0679. The zero-order chi connectivity index (χ0) is 13.9. The molecule has 1 heterocycles. The highest BCUT2D eigenvalue weighted by Gasteiger charge is 2.25. The number of carbonyl (C=O) groups excluding carboxylic acids is 1. The summed E-state index contributed by atoms with van der Waals surface area (Å²) >= 11 is 7.27. The number of amidine groups is 1. The fraction of sp³-hybridized carbons (Fsp3) is 0.333.